The Morgan fingerprint density at radius 1 is 1.30 bits per heavy atom. The molecule has 1 rings (SSSR count). The maximum atomic E-state index is 12.1. The zero-order chi connectivity index (χ0) is 15.3. The van der Waals surface area contributed by atoms with Gasteiger partial charge in [-0.1, -0.05) is 0 Å². The Kier molecular flexibility index (Phi) is 5.53. The molecule has 0 unspecified atom stereocenters. The fourth-order valence-corrected chi connectivity index (χ4v) is 1.47. The Morgan fingerprint density at radius 2 is 1.90 bits per heavy atom. The van der Waals surface area contributed by atoms with Crippen LogP contribution in [0, 0.1) is 5.92 Å². The van der Waals surface area contributed by atoms with E-state index in [9.17, 15) is 9.59 Å². The van der Waals surface area contributed by atoms with Crippen molar-refractivity contribution in [3.05, 3.63) is 0 Å². The van der Waals surface area contributed by atoms with Crippen molar-refractivity contribution in [1.29, 1.82) is 0 Å². The van der Waals surface area contributed by atoms with Gasteiger partial charge in [-0.3, -0.25) is 0 Å². The van der Waals surface area contributed by atoms with E-state index in [1.165, 1.54) is 11.9 Å². The van der Waals surface area contributed by atoms with Gasteiger partial charge in [0.15, 0.2) is 0 Å². The standard InChI is InChI=1S/C14H24N2O4/c1-6-19-12(17)10(2)15-16(9-11-7-8-11)13(18)20-14(3,4)5/h11H,6-9H2,1-5H3/b15-10+. The first-order valence-electron chi connectivity index (χ1n) is 6.95. The van der Waals surface area contributed by atoms with E-state index in [0.29, 0.717) is 12.5 Å². The summed E-state index contributed by atoms with van der Waals surface area (Å²) >= 11 is 0. The molecule has 6 nitrogen and oxygen atoms in total. The predicted molar refractivity (Wildman–Crippen MR) is 75.4 cm³/mol. The minimum absolute atomic E-state index is 0.151. The van der Waals surface area contributed by atoms with E-state index >= 15 is 0 Å². The van der Waals surface area contributed by atoms with Crippen LogP contribution in [0.25, 0.3) is 0 Å². The van der Waals surface area contributed by atoms with Gasteiger partial charge in [-0.2, -0.15) is 10.1 Å². The molecule has 1 saturated carbocycles. The number of esters is 1. The SMILES string of the molecule is CCOC(=O)/C(C)=N/N(CC1CC1)C(=O)OC(C)(C)C. The monoisotopic (exact) mass is 284 g/mol. The lowest BCUT2D eigenvalue weighted by Crippen LogP contribution is -2.36. The average Bonchev–Trinajstić information content (AvgIpc) is 3.09. The first kappa shape index (κ1) is 16.5. The molecule has 1 fully saturated rings. The number of hydrogen-bond donors (Lipinski definition) is 0. The highest BCUT2D eigenvalue weighted by atomic mass is 16.6. The minimum atomic E-state index is -0.591. The van der Waals surface area contributed by atoms with Gasteiger partial charge in [-0.25, -0.2) is 9.59 Å². The van der Waals surface area contributed by atoms with Crippen LogP contribution in [0.4, 0.5) is 4.79 Å². The molecular formula is C14H24N2O4. The molecule has 114 valence electrons. The largest absolute Gasteiger partial charge is 0.461 e. The van der Waals surface area contributed by atoms with Crippen molar-refractivity contribution in [3.8, 4) is 0 Å². The highest BCUT2D eigenvalue weighted by Gasteiger charge is 2.30. The molecule has 1 amide bonds. The van der Waals surface area contributed by atoms with Crippen LogP contribution < -0.4 is 0 Å². The van der Waals surface area contributed by atoms with Crippen LogP contribution in [0.3, 0.4) is 0 Å². The molecule has 0 aromatic heterocycles. The Bertz CT molecular complexity index is 394. The quantitative estimate of drug-likeness (QED) is 0.442. The van der Waals surface area contributed by atoms with Crippen molar-refractivity contribution in [1.82, 2.24) is 5.01 Å². The third-order valence-electron chi connectivity index (χ3n) is 2.57. The molecule has 1 aliphatic carbocycles. The number of rotatable bonds is 5. The predicted octanol–water partition coefficient (Wildman–Crippen LogP) is 2.57. The summed E-state index contributed by atoms with van der Waals surface area (Å²) in [7, 11) is 0. The lowest BCUT2D eigenvalue weighted by molar-refractivity contribution is -0.135. The molecule has 0 aromatic carbocycles. The van der Waals surface area contributed by atoms with Gasteiger partial charge in [0, 0.05) is 0 Å². The normalized spacial score (nSPS) is 15.8. The molecule has 0 atom stereocenters. The second-order valence-electron chi connectivity index (χ2n) is 5.91. The van der Waals surface area contributed by atoms with Gasteiger partial charge in [-0.05, 0) is 53.4 Å². The molecule has 0 saturated heterocycles. The number of nitrogens with zero attached hydrogens (tertiary/aromatic N) is 2. The smallest absolute Gasteiger partial charge is 0.430 e. The first-order valence-corrected chi connectivity index (χ1v) is 6.95. The fraction of sp³-hybridized carbons (Fsp3) is 0.786. The minimum Gasteiger partial charge on any atom is -0.461 e. The maximum absolute atomic E-state index is 12.1. The zero-order valence-electron chi connectivity index (χ0n) is 12.9. The van der Waals surface area contributed by atoms with Gasteiger partial charge in [0.25, 0.3) is 0 Å². The van der Waals surface area contributed by atoms with Crippen molar-refractivity contribution >= 4 is 17.8 Å². The van der Waals surface area contributed by atoms with Crippen LogP contribution in [0.1, 0.15) is 47.5 Å². The molecule has 0 aliphatic heterocycles. The average molecular weight is 284 g/mol. The number of amides is 1. The molecule has 0 heterocycles. The van der Waals surface area contributed by atoms with Gasteiger partial charge in [-0.15, -0.1) is 0 Å². The van der Waals surface area contributed by atoms with Gasteiger partial charge in [0.1, 0.15) is 11.3 Å². The number of hydrazone groups is 1. The molecule has 0 radical (unpaired) electrons. The summed E-state index contributed by atoms with van der Waals surface area (Å²) in [6.45, 7) is 9.39. The van der Waals surface area contributed by atoms with Crippen molar-refractivity contribution in [3.63, 3.8) is 0 Å². The Morgan fingerprint density at radius 3 is 2.35 bits per heavy atom. The third kappa shape index (κ3) is 6.04. The topological polar surface area (TPSA) is 68.2 Å². The summed E-state index contributed by atoms with van der Waals surface area (Å²) in [6.07, 6.45) is 1.62. The van der Waals surface area contributed by atoms with Crippen LogP contribution >= 0.6 is 0 Å². The summed E-state index contributed by atoms with van der Waals surface area (Å²) in [6, 6.07) is 0. The van der Waals surface area contributed by atoms with Gasteiger partial charge < -0.3 is 9.47 Å². The number of ether oxygens (including phenoxy) is 2. The van der Waals surface area contributed by atoms with E-state index in [-0.39, 0.29) is 12.3 Å². The van der Waals surface area contributed by atoms with Crippen LogP contribution in [0.2, 0.25) is 0 Å². The van der Waals surface area contributed by atoms with Gasteiger partial charge in [0.05, 0.1) is 13.2 Å². The number of hydrogen-bond acceptors (Lipinski definition) is 5. The van der Waals surface area contributed by atoms with E-state index in [1.54, 1.807) is 27.7 Å². The van der Waals surface area contributed by atoms with Gasteiger partial charge >= 0.3 is 12.1 Å². The highest BCUT2D eigenvalue weighted by molar-refractivity contribution is 6.35. The molecular weight excluding hydrogens is 260 g/mol. The molecule has 0 spiro atoms. The van der Waals surface area contributed by atoms with Crippen molar-refractivity contribution < 1.29 is 19.1 Å². The summed E-state index contributed by atoms with van der Waals surface area (Å²) in [4.78, 5) is 23.6. The number of carbonyl (C=O) groups excluding carboxylic acids is 2. The molecule has 0 aromatic rings. The molecule has 6 heteroatoms. The maximum Gasteiger partial charge on any atom is 0.430 e. The van der Waals surface area contributed by atoms with Crippen molar-refractivity contribution in [2.45, 2.75) is 53.1 Å². The summed E-state index contributed by atoms with van der Waals surface area (Å²) in [5.41, 5.74) is -0.440. The van der Waals surface area contributed by atoms with E-state index in [2.05, 4.69) is 5.10 Å². The second-order valence-corrected chi connectivity index (χ2v) is 5.91. The zero-order valence-corrected chi connectivity index (χ0v) is 12.9. The van der Waals surface area contributed by atoms with Crippen LogP contribution in [-0.4, -0.2) is 41.5 Å². The van der Waals surface area contributed by atoms with E-state index < -0.39 is 17.7 Å². The Balaban J connectivity index is 2.74. The van der Waals surface area contributed by atoms with E-state index in [4.69, 9.17) is 9.47 Å². The summed E-state index contributed by atoms with van der Waals surface area (Å²) in [5, 5.41) is 5.29. The molecule has 20 heavy (non-hydrogen) atoms. The van der Waals surface area contributed by atoms with Crippen LogP contribution in [0.5, 0.6) is 0 Å². The lowest BCUT2D eigenvalue weighted by Gasteiger charge is -2.24. The Labute approximate surface area is 120 Å². The molecule has 1 aliphatic rings. The van der Waals surface area contributed by atoms with Gasteiger partial charge in [0.2, 0.25) is 0 Å². The third-order valence-corrected chi connectivity index (χ3v) is 2.57. The van der Waals surface area contributed by atoms with Crippen molar-refractivity contribution in [2.75, 3.05) is 13.2 Å². The summed E-state index contributed by atoms with van der Waals surface area (Å²) < 4.78 is 10.2. The van der Waals surface area contributed by atoms with Crippen LogP contribution in [-0.2, 0) is 14.3 Å². The fourth-order valence-electron chi connectivity index (χ4n) is 1.47. The van der Waals surface area contributed by atoms with E-state index in [1.807, 2.05) is 0 Å². The van der Waals surface area contributed by atoms with Crippen molar-refractivity contribution in [2.24, 2.45) is 11.0 Å². The molecule has 0 N–H and O–H groups in total. The highest BCUT2D eigenvalue weighted by Crippen LogP contribution is 2.30. The van der Waals surface area contributed by atoms with E-state index in [0.717, 1.165) is 12.8 Å². The van der Waals surface area contributed by atoms with Crippen LogP contribution in [0.15, 0.2) is 5.10 Å². The second kappa shape index (κ2) is 6.72. The molecule has 0 bridgehead atoms. The Hall–Kier alpha value is -1.59. The first-order chi connectivity index (χ1) is 9.23. The lowest BCUT2D eigenvalue weighted by atomic mass is 10.2. The number of carbonyl (C=O) groups is 2. The summed E-state index contributed by atoms with van der Waals surface area (Å²) in [5.74, 6) is -0.0712.